The molecule has 2 aromatic carbocycles. The van der Waals surface area contributed by atoms with E-state index in [0.717, 1.165) is 25.7 Å². The molecule has 0 atom stereocenters. The van der Waals surface area contributed by atoms with Gasteiger partial charge in [-0.3, -0.25) is 0 Å². The molecule has 0 unspecified atom stereocenters. The Kier molecular flexibility index (Phi) is 7.17. The smallest absolute Gasteiger partial charge is 0.0978 e. The van der Waals surface area contributed by atoms with E-state index in [1.54, 1.807) is 0 Å². The molecule has 1 heteroatoms. The molecule has 2 aromatic rings. The van der Waals surface area contributed by atoms with Gasteiger partial charge < -0.3 is 4.74 Å². The maximum atomic E-state index is 6.16. The van der Waals surface area contributed by atoms with E-state index in [1.807, 2.05) is 0 Å². The highest BCUT2D eigenvalue weighted by Crippen LogP contribution is 2.22. The van der Waals surface area contributed by atoms with E-state index in [4.69, 9.17) is 4.74 Å². The van der Waals surface area contributed by atoms with E-state index in [0.29, 0.717) is 6.10 Å². The molecule has 1 aliphatic rings. The molecule has 1 aliphatic carbocycles. The van der Waals surface area contributed by atoms with E-state index in [-0.39, 0.29) is 0 Å². The molecule has 132 valence electrons. The zero-order valence-electron chi connectivity index (χ0n) is 15.2. The minimum Gasteiger partial charge on any atom is -0.498 e. The highest BCUT2D eigenvalue weighted by molar-refractivity contribution is 5.19. The van der Waals surface area contributed by atoms with Crippen molar-refractivity contribution in [2.45, 2.75) is 63.9 Å². The zero-order chi connectivity index (χ0) is 17.2. The standard InChI is InChI=1S/C24H30O/c1-4-10-21(11-5-1)16-18-23(19-17-22-12-6-2-7-13-22)20-25-24-14-8-3-9-15-24/h1-2,4-7,10-13,20,24H,3,8-9,14-19H2. The van der Waals surface area contributed by atoms with Crippen molar-refractivity contribution in [1.29, 1.82) is 0 Å². The first-order valence-electron chi connectivity index (χ1n) is 9.81. The molecule has 1 saturated carbocycles. The largest absolute Gasteiger partial charge is 0.498 e. The van der Waals surface area contributed by atoms with Crippen LogP contribution >= 0.6 is 0 Å². The normalized spacial score (nSPS) is 14.9. The fourth-order valence-corrected chi connectivity index (χ4v) is 3.54. The molecule has 25 heavy (non-hydrogen) atoms. The predicted molar refractivity (Wildman–Crippen MR) is 106 cm³/mol. The Balaban J connectivity index is 1.57. The van der Waals surface area contributed by atoms with Crippen LogP contribution in [0.4, 0.5) is 0 Å². The van der Waals surface area contributed by atoms with Crippen LogP contribution in [-0.4, -0.2) is 6.10 Å². The Morgan fingerprint density at radius 3 is 1.80 bits per heavy atom. The summed E-state index contributed by atoms with van der Waals surface area (Å²) in [5.74, 6) is 0. The van der Waals surface area contributed by atoms with Crippen LogP contribution in [0.3, 0.4) is 0 Å². The summed E-state index contributed by atoms with van der Waals surface area (Å²) in [4.78, 5) is 0. The van der Waals surface area contributed by atoms with Crippen LogP contribution in [0.15, 0.2) is 72.5 Å². The number of hydrogen-bond donors (Lipinski definition) is 0. The van der Waals surface area contributed by atoms with Crippen molar-refractivity contribution in [3.8, 4) is 0 Å². The van der Waals surface area contributed by atoms with Gasteiger partial charge in [-0.2, -0.15) is 0 Å². The summed E-state index contributed by atoms with van der Waals surface area (Å²) in [6, 6.07) is 21.6. The van der Waals surface area contributed by atoms with Gasteiger partial charge in [0, 0.05) is 0 Å². The van der Waals surface area contributed by atoms with Crippen molar-refractivity contribution in [3.05, 3.63) is 83.6 Å². The third-order valence-corrected chi connectivity index (χ3v) is 5.13. The molecule has 0 N–H and O–H groups in total. The van der Waals surface area contributed by atoms with Gasteiger partial charge in [0.15, 0.2) is 0 Å². The van der Waals surface area contributed by atoms with Gasteiger partial charge in [-0.25, -0.2) is 0 Å². The second kappa shape index (κ2) is 10.1. The van der Waals surface area contributed by atoms with E-state index < -0.39 is 0 Å². The minimum absolute atomic E-state index is 0.442. The molecule has 0 saturated heterocycles. The van der Waals surface area contributed by atoms with Crippen LogP contribution in [0.25, 0.3) is 0 Å². The van der Waals surface area contributed by atoms with E-state index in [1.165, 1.54) is 48.8 Å². The van der Waals surface area contributed by atoms with Gasteiger partial charge in [-0.05, 0) is 68.1 Å². The molecular weight excluding hydrogens is 304 g/mol. The van der Waals surface area contributed by atoms with Gasteiger partial charge in [0.2, 0.25) is 0 Å². The molecule has 1 fully saturated rings. The topological polar surface area (TPSA) is 9.23 Å². The van der Waals surface area contributed by atoms with Crippen molar-refractivity contribution in [2.75, 3.05) is 0 Å². The van der Waals surface area contributed by atoms with Gasteiger partial charge in [0.1, 0.15) is 0 Å². The second-order valence-corrected chi connectivity index (χ2v) is 7.14. The summed E-state index contributed by atoms with van der Waals surface area (Å²) in [6.07, 6.45) is 13.4. The highest BCUT2D eigenvalue weighted by Gasteiger charge is 2.13. The van der Waals surface area contributed by atoms with Crippen molar-refractivity contribution in [3.63, 3.8) is 0 Å². The molecule has 0 heterocycles. The molecule has 0 bridgehead atoms. The summed E-state index contributed by atoms with van der Waals surface area (Å²) in [5, 5.41) is 0. The molecule has 0 aromatic heterocycles. The number of benzene rings is 2. The number of rotatable bonds is 8. The SMILES string of the molecule is C(OC1CCCCC1)=C(CCc1ccccc1)CCc1ccccc1. The van der Waals surface area contributed by atoms with Crippen molar-refractivity contribution in [2.24, 2.45) is 0 Å². The second-order valence-electron chi connectivity index (χ2n) is 7.14. The summed E-state index contributed by atoms with van der Waals surface area (Å²) >= 11 is 0. The van der Waals surface area contributed by atoms with Crippen LogP contribution in [0.1, 0.15) is 56.1 Å². The van der Waals surface area contributed by atoms with E-state index in [2.05, 4.69) is 66.9 Å². The molecular formula is C24H30O. The molecule has 1 nitrogen and oxygen atoms in total. The monoisotopic (exact) mass is 334 g/mol. The Labute approximate surface area is 152 Å². The maximum absolute atomic E-state index is 6.16. The third-order valence-electron chi connectivity index (χ3n) is 5.13. The van der Waals surface area contributed by atoms with Crippen LogP contribution in [0, 0.1) is 0 Å². The lowest BCUT2D eigenvalue weighted by Gasteiger charge is -2.22. The van der Waals surface area contributed by atoms with Crippen LogP contribution in [0.2, 0.25) is 0 Å². The average Bonchev–Trinajstić information content (AvgIpc) is 2.70. The fourth-order valence-electron chi connectivity index (χ4n) is 3.54. The summed E-state index contributed by atoms with van der Waals surface area (Å²) in [6.45, 7) is 0. The summed E-state index contributed by atoms with van der Waals surface area (Å²) < 4.78 is 6.16. The Morgan fingerprint density at radius 1 is 0.760 bits per heavy atom. The van der Waals surface area contributed by atoms with Crippen LogP contribution in [-0.2, 0) is 17.6 Å². The summed E-state index contributed by atoms with van der Waals surface area (Å²) in [7, 11) is 0. The van der Waals surface area contributed by atoms with Gasteiger partial charge >= 0.3 is 0 Å². The zero-order valence-corrected chi connectivity index (χ0v) is 15.2. The predicted octanol–water partition coefficient (Wildman–Crippen LogP) is 6.49. The van der Waals surface area contributed by atoms with E-state index in [9.17, 15) is 0 Å². The van der Waals surface area contributed by atoms with Gasteiger partial charge in [0.05, 0.1) is 12.4 Å². The van der Waals surface area contributed by atoms with Crippen LogP contribution in [0.5, 0.6) is 0 Å². The van der Waals surface area contributed by atoms with Crippen molar-refractivity contribution in [1.82, 2.24) is 0 Å². The Morgan fingerprint density at radius 2 is 1.28 bits per heavy atom. The molecule has 0 spiro atoms. The van der Waals surface area contributed by atoms with Gasteiger partial charge in [-0.1, -0.05) is 67.1 Å². The first-order valence-corrected chi connectivity index (χ1v) is 9.81. The third kappa shape index (κ3) is 6.42. The fraction of sp³-hybridized carbons (Fsp3) is 0.417. The lowest BCUT2D eigenvalue weighted by Crippen LogP contribution is -2.14. The maximum Gasteiger partial charge on any atom is 0.0978 e. The van der Waals surface area contributed by atoms with Crippen molar-refractivity contribution < 1.29 is 4.74 Å². The Hall–Kier alpha value is -2.02. The highest BCUT2D eigenvalue weighted by atomic mass is 16.5. The Bertz CT molecular complexity index is 578. The minimum atomic E-state index is 0.442. The summed E-state index contributed by atoms with van der Waals surface area (Å²) in [5.41, 5.74) is 4.26. The first kappa shape index (κ1) is 17.8. The first-order chi connectivity index (χ1) is 12.4. The van der Waals surface area contributed by atoms with Crippen molar-refractivity contribution >= 4 is 0 Å². The molecule has 0 aliphatic heterocycles. The van der Waals surface area contributed by atoms with Gasteiger partial charge in [-0.15, -0.1) is 0 Å². The lowest BCUT2D eigenvalue weighted by atomic mass is 9.97. The van der Waals surface area contributed by atoms with Crippen LogP contribution < -0.4 is 0 Å². The van der Waals surface area contributed by atoms with E-state index >= 15 is 0 Å². The number of aryl methyl sites for hydroxylation is 2. The van der Waals surface area contributed by atoms with Gasteiger partial charge in [0.25, 0.3) is 0 Å². The number of ether oxygens (including phenoxy) is 1. The number of hydrogen-bond acceptors (Lipinski definition) is 1. The lowest BCUT2D eigenvalue weighted by molar-refractivity contribution is 0.104. The molecule has 0 radical (unpaired) electrons. The average molecular weight is 335 g/mol. The molecule has 3 rings (SSSR count). The molecule has 0 amide bonds. The quantitative estimate of drug-likeness (QED) is 0.502. The number of allylic oxidation sites excluding steroid dienone is 1.